The number of benzene rings is 2. The summed E-state index contributed by atoms with van der Waals surface area (Å²) in [6.45, 7) is 0. The monoisotopic (exact) mass is 240 g/mol. The van der Waals surface area contributed by atoms with Crippen LogP contribution in [0.4, 0.5) is 5.69 Å². The minimum atomic E-state index is -0.535. The summed E-state index contributed by atoms with van der Waals surface area (Å²) in [5.41, 5.74) is 0.0750. The Hall–Kier alpha value is -2.69. The lowest BCUT2D eigenvalue weighted by Crippen LogP contribution is -2.08. The maximum atomic E-state index is 12.0. The average molecular weight is 240 g/mol. The molecule has 0 unspecified atom stereocenters. The molecule has 3 rings (SSSR count). The Morgan fingerprint density at radius 2 is 1.72 bits per heavy atom. The Balaban J connectivity index is 2.64. The molecule has 5 nitrogen and oxygen atoms in total. The van der Waals surface area contributed by atoms with Crippen molar-refractivity contribution in [3.05, 3.63) is 62.9 Å². The van der Waals surface area contributed by atoms with E-state index in [0.717, 1.165) is 5.39 Å². The molecule has 5 heteroatoms. The number of H-pyrrole nitrogens is 1. The molecule has 0 aliphatic carbocycles. The highest BCUT2D eigenvalue weighted by Crippen LogP contribution is 2.27. The fraction of sp³-hybridized carbons (Fsp3) is 0. The van der Waals surface area contributed by atoms with Crippen molar-refractivity contribution in [2.24, 2.45) is 0 Å². The summed E-state index contributed by atoms with van der Waals surface area (Å²) in [7, 11) is 0. The van der Waals surface area contributed by atoms with Crippen molar-refractivity contribution in [3.8, 4) is 0 Å². The Morgan fingerprint density at radius 1 is 1.00 bits per heavy atom. The summed E-state index contributed by atoms with van der Waals surface area (Å²) < 4.78 is 0. The second-order valence-electron chi connectivity index (χ2n) is 3.96. The van der Waals surface area contributed by atoms with Gasteiger partial charge in [0.1, 0.15) is 5.39 Å². The number of nitrogens with zero attached hydrogens (tertiary/aromatic N) is 1. The molecule has 2 aromatic carbocycles. The highest BCUT2D eigenvalue weighted by atomic mass is 16.6. The van der Waals surface area contributed by atoms with Crippen LogP contribution >= 0.6 is 0 Å². The summed E-state index contributed by atoms with van der Waals surface area (Å²) in [6, 6.07) is 11.9. The van der Waals surface area contributed by atoms with Gasteiger partial charge in [-0.25, -0.2) is 0 Å². The van der Waals surface area contributed by atoms with E-state index in [-0.39, 0.29) is 11.1 Å². The minimum absolute atomic E-state index is 0.126. The highest BCUT2D eigenvalue weighted by Gasteiger charge is 2.16. The lowest BCUT2D eigenvalue weighted by Gasteiger charge is -2.03. The number of rotatable bonds is 1. The van der Waals surface area contributed by atoms with Gasteiger partial charge in [0.25, 0.3) is 11.2 Å². The maximum absolute atomic E-state index is 12.0. The zero-order valence-corrected chi connectivity index (χ0v) is 9.21. The number of para-hydroxylation sites is 1. The molecular formula is C13H8N2O3. The second kappa shape index (κ2) is 3.66. The smallest absolute Gasteiger partial charge is 0.282 e. The third-order valence-electron chi connectivity index (χ3n) is 2.93. The van der Waals surface area contributed by atoms with Crippen molar-refractivity contribution in [2.45, 2.75) is 0 Å². The van der Waals surface area contributed by atoms with Crippen molar-refractivity contribution < 1.29 is 4.92 Å². The second-order valence-corrected chi connectivity index (χ2v) is 3.96. The molecule has 0 aliphatic rings. The number of nitro benzene ring substituents is 1. The lowest BCUT2D eigenvalue weighted by molar-refractivity contribution is -0.383. The van der Waals surface area contributed by atoms with E-state index in [4.69, 9.17) is 0 Å². The summed E-state index contributed by atoms with van der Waals surface area (Å²) in [6.07, 6.45) is 0. The van der Waals surface area contributed by atoms with E-state index >= 15 is 0 Å². The lowest BCUT2D eigenvalue weighted by atomic mass is 10.1. The van der Waals surface area contributed by atoms with Gasteiger partial charge in [0.15, 0.2) is 0 Å². The van der Waals surface area contributed by atoms with Crippen LogP contribution in [-0.2, 0) is 0 Å². The molecule has 0 spiro atoms. The van der Waals surface area contributed by atoms with Gasteiger partial charge >= 0.3 is 0 Å². The molecule has 0 atom stereocenters. The zero-order valence-electron chi connectivity index (χ0n) is 9.21. The van der Waals surface area contributed by atoms with Crippen molar-refractivity contribution >= 4 is 27.4 Å². The molecule has 0 aliphatic heterocycles. The highest BCUT2D eigenvalue weighted by molar-refractivity contribution is 6.08. The normalized spacial score (nSPS) is 10.9. The minimum Gasteiger partial charge on any atom is -0.321 e. The first-order valence-electron chi connectivity index (χ1n) is 5.36. The van der Waals surface area contributed by atoms with Crippen LogP contribution in [0.15, 0.2) is 47.3 Å². The van der Waals surface area contributed by atoms with Crippen LogP contribution in [0.2, 0.25) is 0 Å². The number of aromatic amines is 1. The standard InChI is InChI=1S/C13H8N2O3/c16-13-12-9(5-3-7-11(12)15(17)18)8-4-1-2-6-10(8)14-13/h1-7H,(H,14,16). The molecule has 1 N–H and O–H groups in total. The van der Waals surface area contributed by atoms with Crippen molar-refractivity contribution in [1.82, 2.24) is 4.98 Å². The molecule has 88 valence electrons. The van der Waals surface area contributed by atoms with Crippen LogP contribution < -0.4 is 5.56 Å². The van der Waals surface area contributed by atoms with Gasteiger partial charge in [-0.1, -0.05) is 30.3 Å². The quantitative estimate of drug-likeness (QED) is 0.403. The summed E-state index contributed by atoms with van der Waals surface area (Å²) in [5.74, 6) is 0. The summed E-state index contributed by atoms with van der Waals surface area (Å²) in [4.78, 5) is 25.0. The third kappa shape index (κ3) is 1.37. The molecule has 0 bridgehead atoms. The number of pyridine rings is 1. The van der Waals surface area contributed by atoms with Gasteiger partial charge < -0.3 is 4.98 Å². The Morgan fingerprint density at radius 3 is 2.50 bits per heavy atom. The predicted molar refractivity (Wildman–Crippen MR) is 68.7 cm³/mol. The van der Waals surface area contributed by atoms with Crippen LogP contribution in [0.1, 0.15) is 0 Å². The van der Waals surface area contributed by atoms with Crippen LogP contribution in [-0.4, -0.2) is 9.91 Å². The number of aromatic nitrogens is 1. The molecule has 0 fully saturated rings. The van der Waals surface area contributed by atoms with Gasteiger partial charge in [0, 0.05) is 22.4 Å². The van der Waals surface area contributed by atoms with Crippen molar-refractivity contribution in [2.75, 3.05) is 0 Å². The largest absolute Gasteiger partial charge is 0.321 e. The van der Waals surface area contributed by atoms with Crippen LogP contribution in [0.25, 0.3) is 21.7 Å². The van der Waals surface area contributed by atoms with E-state index in [2.05, 4.69) is 4.98 Å². The molecule has 3 aromatic rings. The van der Waals surface area contributed by atoms with Crippen LogP contribution in [0, 0.1) is 10.1 Å². The topological polar surface area (TPSA) is 76.0 Å². The van der Waals surface area contributed by atoms with Crippen molar-refractivity contribution in [1.29, 1.82) is 0 Å². The van der Waals surface area contributed by atoms with E-state index in [1.165, 1.54) is 6.07 Å². The third-order valence-corrected chi connectivity index (χ3v) is 2.93. The predicted octanol–water partition coefficient (Wildman–Crippen LogP) is 2.59. The van der Waals surface area contributed by atoms with Gasteiger partial charge in [-0.15, -0.1) is 0 Å². The first-order chi connectivity index (χ1) is 8.68. The van der Waals surface area contributed by atoms with E-state index < -0.39 is 10.5 Å². The zero-order chi connectivity index (χ0) is 12.7. The van der Waals surface area contributed by atoms with E-state index in [0.29, 0.717) is 10.9 Å². The fourth-order valence-electron chi connectivity index (χ4n) is 2.17. The number of fused-ring (bicyclic) bond motifs is 3. The molecule has 0 radical (unpaired) electrons. The Labute approximate surface area is 101 Å². The molecule has 1 aromatic heterocycles. The molecule has 1 heterocycles. The first-order valence-corrected chi connectivity index (χ1v) is 5.36. The van der Waals surface area contributed by atoms with Gasteiger partial charge in [-0.3, -0.25) is 14.9 Å². The molecular weight excluding hydrogens is 232 g/mol. The molecule has 0 saturated heterocycles. The Kier molecular flexibility index (Phi) is 2.13. The van der Waals surface area contributed by atoms with Gasteiger partial charge in [-0.2, -0.15) is 0 Å². The number of hydrogen-bond acceptors (Lipinski definition) is 3. The van der Waals surface area contributed by atoms with Gasteiger partial charge in [-0.05, 0) is 6.07 Å². The van der Waals surface area contributed by atoms with Crippen LogP contribution in [0.3, 0.4) is 0 Å². The number of hydrogen-bond donors (Lipinski definition) is 1. The first kappa shape index (κ1) is 10.5. The molecule has 0 saturated carbocycles. The number of non-ortho nitro benzene ring substituents is 1. The van der Waals surface area contributed by atoms with Crippen LogP contribution in [0.5, 0.6) is 0 Å². The Bertz CT molecular complexity index is 836. The number of nitrogens with one attached hydrogen (secondary N) is 1. The molecule has 0 amide bonds. The SMILES string of the molecule is O=c1[nH]c2ccccc2c2cccc([N+](=O)[O-])c12. The van der Waals surface area contributed by atoms with Gasteiger partial charge in [0.2, 0.25) is 0 Å². The molecule has 18 heavy (non-hydrogen) atoms. The van der Waals surface area contributed by atoms with E-state index in [1.54, 1.807) is 18.2 Å². The van der Waals surface area contributed by atoms with E-state index in [9.17, 15) is 14.9 Å². The van der Waals surface area contributed by atoms with Crippen molar-refractivity contribution in [3.63, 3.8) is 0 Å². The fourth-order valence-corrected chi connectivity index (χ4v) is 2.17. The van der Waals surface area contributed by atoms with Gasteiger partial charge in [0.05, 0.1) is 4.92 Å². The average Bonchev–Trinajstić information content (AvgIpc) is 2.38. The van der Waals surface area contributed by atoms with E-state index in [1.807, 2.05) is 18.2 Å². The number of nitro groups is 1. The maximum Gasteiger partial charge on any atom is 0.282 e. The summed E-state index contributed by atoms with van der Waals surface area (Å²) in [5, 5.41) is 12.5. The summed E-state index contributed by atoms with van der Waals surface area (Å²) >= 11 is 0.